The van der Waals surface area contributed by atoms with E-state index in [0.717, 1.165) is 26.8 Å². The van der Waals surface area contributed by atoms with Crippen LogP contribution in [-0.2, 0) is 6.42 Å². The van der Waals surface area contributed by atoms with Crippen LogP contribution in [0, 0.1) is 14.9 Å². The van der Waals surface area contributed by atoms with Gasteiger partial charge in [0.2, 0.25) is 0 Å². The van der Waals surface area contributed by atoms with Gasteiger partial charge < -0.3 is 9.72 Å². The number of nitrogens with one attached hydrogen (secondary N) is 1. The molecule has 0 aliphatic heterocycles. The van der Waals surface area contributed by atoms with Crippen molar-refractivity contribution in [3.8, 4) is 23.1 Å². The van der Waals surface area contributed by atoms with E-state index in [9.17, 15) is 5.26 Å². The van der Waals surface area contributed by atoms with E-state index in [1.165, 1.54) is 10.9 Å². The number of benzene rings is 2. The van der Waals surface area contributed by atoms with Gasteiger partial charge in [0.15, 0.2) is 0 Å². The summed E-state index contributed by atoms with van der Waals surface area (Å²) in [6, 6.07) is 12.3. The van der Waals surface area contributed by atoms with Crippen molar-refractivity contribution in [2.24, 2.45) is 0 Å². The number of nitriles is 1. The van der Waals surface area contributed by atoms with Gasteiger partial charge in [-0.05, 0) is 52.8 Å². The number of nitrogens with zero attached hydrogens (tertiary/aromatic N) is 1. The average molecular weight is 437 g/mol. The molecule has 0 radical (unpaired) electrons. The zero-order valence-corrected chi connectivity index (χ0v) is 15.6. The summed E-state index contributed by atoms with van der Waals surface area (Å²) in [4.78, 5) is 3.43. The molecule has 0 saturated carbocycles. The lowest BCUT2D eigenvalue weighted by molar-refractivity contribution is 0.413. The maximum atomic E-state index is 9.26. The van der Waals surface area contributed by atoms with E-state index in [-0.39, 0.29) is 0 Å². The van der Waals surface area contributed by atoms with Crippen LogP contribution in [-0.4, -0.2) is 12.1 Å². The zero-order valence-electron chi connectivity index (χ0n) is 12.7. The molecule has 5 heteroatoms. The van der Waals surface area contributed by atoms with Crippen LogP contribution in [0.3, 0.4) is 0 Å². The smallest absolute Gasteiger partial charge is 0.142 e. The van der Waals surface area contributed by atoms with E-state index in [2.05, 4.69) is 58.8 Å². The highest BCUT2D eigenvalue weighted by Crippen LogP contribution is 2.40. The van der Waals surface area contributed by atoms with Crippen molar-refractivity contribution in [2.45, 2.75) is 13.3 Å². The fraction of sp³-hybridized carbons (Fsp3) is 0.167. The molecule has 116 valence electrons. The van der Waals surface area contributed by atoms with Crippen molar-refractivity contribution < 1.29 is 4.74 Å². The van der Waals surface area contributed by atoms with E-state index in [4.69, 9.17) is 16.3 Å². The average Bonchev–Trinajstić information content (AvgIpc) is 2.98. The van der Waals surface area contributed by atoms with Gasteiger partial charge in [0, 0.05) is 16.5 Å². The number of methoxy groups -OCH3 is 1. The molecule has 0 spiro atoms. The molecule has 3 nitrogen and oxygen atoms in total. The molecule has 0 aliphatic rings. The third-order valence-electron chi connectivity index (χ3n) is 3.91. The first-order chi connectivity index (χ1) is 11.1. The first kappa shape index (κ1) is 16.2. The zero-order chi connectivity index (χ0) is 16.6. The van der Waals surface area contributed by atoms with Crippen molar-refractivity contribution in [1.82, 2.24) is 4.98 Å². The molecule has 0 amide bonds. The summed E-state index contributed by atoms with van der Waals surface area (Å²) in [7, 11) is 1.61. The van der Waals surface area contributed by atoms with Crippen molar-refractivity contribution in [3.05, 3.63) is 50.1 Å². The molecule has 0 unspecified atom stereocenters. The number of halogens is 2. The Balaban J connectivity index is 2.29. The van der Waals surface area contributed by atoms with Gasteiger partial charge >= 0.3 is 0 Å². The number of fused-ring (bicyclic) bond motifs is 1. The number of ether oxygens (including phenoxy) is 1. The van der Waals surface area contributed by atoms with Crippen LogP contribution in [0.1, 0.15) is 18.1 Å². The molecule has 1 heterocycles. The van der Waals surface area contributed by atoms with E-state index in [1.54, 1.807) is 13.2 Å². The fourth-order valence-electron chi connectivity index (χ4n) is 2.77. The maximum absolute atomic E-state index is 9.26. The van der Waals surface area contributed by atoms with E-state index >= 15 is 0 Å². The largest absolute Gasteiger partial charge is 0.495 e. The van der Waals surface area contributed by atoms with Crippen LogP contribution in [0.15, 0.2) is 30.3 Å². The summed E-state index contributed by atoms with van der Waals surface area (Å²) in [5.74, 6) is 0.663. The van der Waals surface area contributed by atoms with Gasteiger partial charge in [0.1, 0.15) is 11.8 Å². The minimum Gasteiger partial charge on any atom is -0.495 e. The van der Waals surface area contributed by atoms with Crippen LogP contribution < -0.4 is 4.74 Å². The van der Waals surface area contributed by atoms with Crippen LogP contribution in [0.5, 0.6) is 5.75 Å². The molecule has 1 aromatic heterocycles. The lowest BCUT2D eigenvalue weighted by atomic mass is 10.1. The summed E-state index contributed by atoms with van der Waals surface area (Å²) in [6.07, 6.45) is 0.970. The second kappa shape index (κ2) is 6.42. The molecule has 3 aromatic rings. The summed E-state index contributed by atoms with van der Waals surface area (Å²) < 4.78 is 6.27. The summed E-state index contributed by atoms with van der Waals surface area (Å²) in [5.41, 5.74) is 4.61. The number of aromatic nitrogens is 1. The monoisotopic (exact) mass is 436 g/mol. The Morgan fingerprint density at radius 3 is 2.78 bits per heavy atom. The predicted molar refractivity (Wildman–Crippen MR) is 102 cm³/mol. The number of hydrogen-bond acceptors (Lipinski definition) is 2. The summed E-state index contributed by atoms with van der Waals surface area (Å²) in [5, 5.41) is 10.9. The topological polar surface area (TPSA) is 48.8 Å². The van der Waals surface area contributed by atoms with E-state index in [1.807, 2.05) is 6.07 Å². The number of H-pyrrole nitrogens is 1. The Labute approximate surface area is 153 Å². The van der Waals surface area contributed by atoms with Crippen LogP contribution in [0.4, 0.5) is 0 Å². The Bertz CT molecular complexity index is 940. The minimum atomic E-state index is 0.432. The first-order valence-corrected chi connectivity index (χ1v) is 8.63. The van der Waals surface area contributed by atoms with Crippen molar-refractivity contribution in [2.75, 3.05) is 7.11 Å². The van der Waals surface area contributed by atoms with Gasteiger partial charge in [0.25, 0.3) is 0 Å². The van der Waals surface area contributed by atoms with Gasteiger partial charge in [-0.15, -0.1) is 0 Å². The second-order valence-corrected chi connectivity index (χ2v) is 6.64. The highest BCUT2D eigenvalue weighted by molar-refractivity contribution is 14.1. The van der Waals surface area contributed by atoms with Crippen LogP contribution in [0.2, 0.25) is 5.02 Å². The van der Waals surface area contributed by atoms with E-state index in [0.29, 0.717) is 16.3 Å². The van der Waals surface area contributed by atoms with Crippen molar-refractivity contribution in [1.29, 1.82) is 5.26 Å². The SMILES string of the molecule is CCc1cccc2[nH]c(-c3cc(Cl)c(C#N)c(I)c3OC)cc12. The molecule has 0 fully saturated rings. The fourth-order valence-corrected chi connectivity index (χ4v) is 4.10. The Kier molecular flexibility index (Phi) is 4.51. The highest BCUT2D eigenvalue weighted by Gasteiger charge is 2.19. The van der Waals surface area contributed by atoms with Gasteiger partial charge in [-0.1, -0.05) is 30.7 Å². The standard InChI is InChI=1S/C18H14ClIN2O/c1-3-10-5-4-6-15-11(10)8-16(22-15)12-7-14(19)13(9-21)17(20)18(12)23-2/h4-8,22H,3H2,1-2H3. The first-order valence-electron chi connectivity index (χ1n) is 7.17. The second-order valence-electron chi connectivity index (χ2n) is 5.15. The lowest BCUT2D eigenvalue weighted by Crippen LogP contribution is -1.95. The molecule has 2 aromatic carbocycles. The Hall–Kier alpha value is -1.71. The maximum Gasteiger partial charge on any atom is 0.142 e. The molecule has 3 rings (SSSR count). The number of aryl methyl sites for hydroxylation is 1. The summed E-state index contributed by atoms with van der Waals surface area (Å²) in [6.45, 7) is 2.14. The summed E-state index contributed by atoms with van der Waals surface area (Å²) >= 11 is 8.38. The van der Waals surface area contributed by atoms with Gasteiger partial charge in [0.05, 0.1) is 27.0 Å². The predicted octanol–water partition coefficient (Wildman–Crippen LogP) is 5.54. The Morgan fingerprint density at radius 1 is 1.35 bits per heavy atom. The van der Waals surface area contributed by atoms with E-state index < -0.39 is 0 Å². The lowest BCUT2D eigenvalue weighted by Gasteiger charge is -2.12. The minimum absolute atomic E-state index is 0.432. The molecule has 0 saturated heterocycles. The molecular weight excluding hydrogens is 423 g/mol. The molecule has 1 N–H and O–H groups in total. The number of rotatable bonds is 3. The molecule has 23 heavy (non-hydrogen) atoms. The van der Waals surface area contributed by atoms with Gasteiger partial charge in [-0.2, -0.15) is 5.26 Å². The Morgan fingerprint density at radius 2 is 2.13 bits per heavy atom. The third kappa shape index (κ3) is 2.68. The van der Waals surface area contributed by atoms with Crippen molar-refractivity contribution in [3.63, 3.8) is 0 Å². The highest BCUT2D eigenvalue weighted by atomic mass is 127. The molecule has 0 atom stereocenters. The molecule has 0 aliphatic carbocycles. The van der Waals surface area contributed by atoms with Gasteiger partial charge in [-0.3, -0.25) is 0 Å². The molecular formula is C18H14ClIN2O. The third-order valence-corrected chi connectivity index (χ3v) is 5.24. The van der Waals surface area contributed by atoms with Gasteiger partial charge in [-0.25, -0.2) is 0 Å². The number of aromatic amines is 1. The van der Waals surface area contributed by atoms with Crippen molar-refractivity contribution >= 4 is 45.1 Å². The normalized spacial score (nSPS) is 10.7. The number of hydrogen-bond donors (Lipinski definition) is 1. The molecule has 0 bridgehead atoms. The van der Waals surface area contributed by atoms with Crippen LogP contribution in [0.25, 0.3) is 22.2 Å². The quantitative estimate of drug-likeness (QED) is 0.548. The van der Waals surface area contributed by atoms with Crippen LogP contribution >= 0.6 is 34.2 Å².